The summed E-state index contributed by atoms with van der Waals surface area (Å²) in [7, 11) is 0. The number of rotatable bonds is 7. The molecular weight excluding hydrogens is 352 g/mol. The van der Waals surface area contributed by atoms with Crippen LogP contribution < -0.4 is 20.9 Å². The summed E-state index contributed by atoms with van der Waals surface area (Å²) in [5, 5.41) is 10.4. The lowest BCUT2D eigenvalue weighted by molar-refractivity contribution is -0.122. The molecule has 1 atom stereocenters. The molecule has 3 N–H and O–H groups in total. The number of nitrogens with zero attached hydrogens (tertiary/aromatic N) is 3. The molecule has 2 fully saturated rings. The molecule has 1 saturated carbocycles. The van der Waals surface area contributed by atoms with Gasteiger partial charge in [-0.3, -0.25) is 9.79 Å². The number of carbonyl (C=O) groups is 1. The molecule has 0 bridgehead atoms. The van der Waals surface area contributed by atoms with E-state index in [2.05, 4.69) is 30.8 Å². The van der Waals surface area contributed by atoms with Gasteiger partial charge in [0.05, 0.1) is 11.6 Å². The molecule has 0 radical (unpaired) electrons. The molecule has 0 aromatic carbocycles. The van der Waals surface area contributed by atoms with E-state index < -0.39 is 0 Å². The predicted octanol–water partition coefficient (Wildman–Crippen LogP) is 1.39. The molecule has 0 spiro atoms. The maximum absolute atomic E-state index is 11.6. The molecule has 142 valence electrons. The van der Waals surface area contributed by atoms with Gasteiger partial charge in [0, 0.05) is 44.3 Å². The number of amides is 1. The van der Waals surface area contributed by atoms with Crippen molar-refractivity contribution in [2.75, 3.05) is 37.6 Å². The molecule has 7 nitrogen and oxygen atoms in total. The SMILES string of the molecule is CCNC(=NCCNC(=O)C1CC1)NC1CCN(c2ncccc2Cl)C1. The second-order valence-corrected chi connectivity index (χ2v) is 7.12. The van der Waals surface area contributed by atoms with Crippen LogP contribution in [0.4, 0.5) is 5.82 Å². The van der Waals surface area contributed by atoms with Crippen molar-refractivity contribution in [2.45, 2.75) is 32.2 Å². The Morgan fingerprint density at radius 2 is 2.23 bits per heavy atom. The molecule has 2 aliphatic rings. The number of guanidine groups is 1. The van der Waals surface area contributed by atoms with Gasteiger partial charge >= 0.3 is 0 Å². The quantitative estimate of drug-likeness (QED) is 0.379. The highest BCUT2D eigenvalue weighted by Crippen LogP contribution is 2.28. The zero-order valence-corrected chi connectivity index (χ0v) is 15.9. The van der Waals surface area contributed by atoms with Crippen LogP contribution in [0.5, 0.6) is 0 Å². The highest BCUT2D eigenvalue weighted by Gasteiger charge is 2.29. The number of hydrogen-bond acceptors (Lipinski definition) is 4. The first-order valence-corrected chi connectivity index (χ1v) is 9.73. The zero-order chi connectivity index (χ0) is 18.4. The minimum absolute atomic E-state index is 0.164. The Balaban J connectivity index is 1.47. The van der Waals surface area contributed by atoms with Gasteiger partial charge < -0.3 is 20.9 Å². The van der Waals surface area contributed by atoms with Crippen LogP contribution in [-0.4, -0.2) is 55.6 Å². The fourth-order valence-corrected chi connectivity index (χ4v) is 3.27. The number of nitrogens with one attached hydrogen (secondary N) is 3. The van der Waals surface area contributed by atoms with E-state index >= 15 is 0 Å². The van der Waals surface area contributed by atoms with Crippen LogP contribution >= 0.6 is 11.6 Å². The largest absolute Gasteiger partial charge is 0.357 e. The minimum Gasteiger partial charge on any atom is -0.357 e. The lowest BCUT2D eigenvalue weighted by Gasteiger charge is -2.20. The summed E-state index contributed by atoms with van der Waals surface area (Å²) in [5.74, 6) is 2.03. The lowest BCUT2D eigenvalue weighted by Crippen LogP contribution is -2.45. The molecule has 2 heterocycles. The summed E-state index contributed by atoms with van der Waals surface area (Å²) in [6.07, 6.45) is 4.81. The van der Waals surface area contributed by atoms with Gasteiger partial charge in [0.25, 0.3) is 0 Å². The van der Waals surface area contributed by atoms with Gasteiger partial charge in [-0.25, -0.2) is 4.98 Å². The third-order valence-corrected chi connectivity index (χ3v) is 4.84. The van der Waals surface area contributed by atoms with Crippen molar-refractivity contribution in [2.24, 2.45) is 10.9 Å². The molecular formula is C18H27ClN6O. The van der Waals surface area contributed by atoms with Crippen LogP contribution in [0, 0.1) is 5.92 Å². The van der Waals surface area contributed by atoms with Gasteiger partial charge in [-0.2, -0.15) is 0 Å². The van der Waals surface area contributed by atoms with Gasteiger partial charge in [0.2, 0.25) is 5.91 Å². The van der Waals surface area contributed by atoms with Crippen LogP contribution in [0.3, 0.4) is 0 Å². The first kappa shape index (κ1) is 18.8. The highest BCUT2D eigenvalue weighted by molar-refractivity contribution is 6.32. The zero-order valence-electron chi connectivity index (χ0n) is 15.2. The average molecular weight is 379 g/mol. The van der Waals surface area contributed by atoms with E-state index in [0.29, 0.717) is 18.1 Å². The van der Waals surface area contributed by atoms with E-state index in [4.69, 9.17) is 11.6 Å². The van der Waals surface area contributed by atoms with Crippen molar-refractivity contribution in [3.8, 4) is 0 Å². The van der Waals surface area contributed by atoms with Gasteiger partial charge in [-0.1, -0.05) is 11.6 Å². The molecule has 1 saturated heterocycles. The summed E-state index contributed by atoms with van der Waals surface area (Å²) in [5.41, 5.74) is 0. The molecule has 1 aliphatic carbocycles. The fourth-order valence-electron chi connectivity index (χ4n) is 3.03. The number of carbonyl (C=O) groups excluding carboxylic acids is 1. The fraction of sp³-hybridized carbons (Fsp3) is 0.611. The Morgan fingerprint density at radius 3 is 2.96 bits per heavy atom. The van der Waals surface area contributed by atoms with E-state index in [1.54, 1.807) is 6.20 Å². The first-order chi connectivity index (χ1) is 12.7. The molecule has 3 rings (SSSR count). The topological polar surface area (TPSA) is 81.6 Å². The van der Waals surface area contributed by atoms with Crippen molar-refractivity contribution in [3.63, 3.8) is 0 Å². The predicted molar refractivity (Wildman–Crippen MR) is 105 cm³/mol. The van der Waals surface area contributed by atoms with E-state index in [0.717, 1.165) is 50.7 Å². The molecule has 26 heavy (non-hydrogen) atoms. The van der Waals surface area contributed by atoms with Gasteiger partial charge in [-0.15, -0.1) is 0 Å². The van der Waals surface area contributed by atoms with E-state index in [1.165, 1.54) is 0 Å². The number of anilines is 1. The normalized spacial score (nSPS) is 20.2. The maximum atomic E-state index is 11.6. The third kappa shape index (κ3) is 5.24. The van der Waals surface area contributed by atoms with Crippen LogP contribution in [0.25, 0.3) is 0 Å². The summed E-state index contributed by atoms with van der Waals surface area (Å²) in [6, 6.07) is 3.99. The number of pyridine rings is 1. The molecule has 1 aromatic heterocycles. The summed E-state index contributed by atoms with van der Waals surface area (Å²) < 4.78 is 0. The minimum atomic E-state index is 0.164. The summed E-state index contributed by atoms with van der Waals surface area (Å²) in [4.78, 5) is 22.8. The van der Waals surface area contributed by atoms with Crippen LogP contribution in [0.1, 0.15) is 26.2 Å². The van der Waals surface area contributed by atoms with Crippen LogP contribution in [0.15, 0.2) is 23.3 Å². The Labute approximate surface area is 159 Å². The Hall–Kier alpha value is -2.02. The van der Waals surface area contributed by atoms with E-state index in [9.17, 15) is 4.79 Å². The summed E-state index contributed by atoms with van der Waals surface area (Å²) >= 11 is 6.25. The van der Waals surface area contributed by atoms with Gasteiger partial charge in [0.15, 0.2) is 5.96 Å². The first-order valence-electron chi connectivity index (χ1n) is 9.35. The number of aromatic nitrogens is 1. The second-order valence-electron chi connectivity index (χ2n) is 6.71. The third-order valence-electron chi connectivity index (χ3n) is 4.54. The van der Waals surface area contributed by atoms with Crippen molar-refractivity contribution in [1.29, 1.82) is 0 Å². The Kier molecular flexibility index (Phi) is 6.55. The van der Waals surface area contributed by atoms with Gasteiger partial charge in [-0.05, 0) is 38.3 Å². The molecule has 8 heteroatoms. The molecule has 1 amide bonds. The second kappa shape index (κ2) is 9.07. The number of aliphatic imine (C=N–C) groups is 1. The smallest absolute Gasteiger partial charge is 0.223 e. The number of halogens is 1. The van der Waals surface area contributed by atoms with Crippen molar-refractivity contribution in [3.05, 3.63) is 23.4 Å². The van der Waals surface area contributed by atoms with Crippen LogP contribution in [-0.2, 0) is 4.79 Å². The number of hydrogen-bond donors (Lipinski definition) is 3. The Bertz CT molecular complexity index is 648. The summed E-state index contributed by atoms with van der Waals surface area (Å²) in [6.45, 7) is 5.72. The standard InChI is InChI=1S/C18H27ClN6O/c1-2-20-18(23-10-9-22-17(26)13-5-6-13)24-14-7-11-25(12-14)16-15(19)4-3-8-21-16/h3-4,8,13-14H,2,5-7,9-12H2,1H3,(H,22,26)(H2,20,23,24). The van der Waals surface area contributed by atoms with E-state index in [-0.39, 0.29) is 17.9 Å². The average Bonchev–Trinajstić information content (AvgIpc) is 3.39. The van der Waals surface area contributed by atoms with E-state index in [1.807, 2.05) is 19.1 Å². The molecule has 1 unspecified atom stereocenters. The van der Waals surface area contributed by atoms with Crippen LogP contribution in [0.2, 0.25) is 5.02 Å². The molecule has 1 aliphatic heterocycles. The Morgan fingerprint density at radius 1 is 1.38 bits per heavy atom. The maximum Gasteiger partial charge on any atom is 0.223 e. The molecule has 1 aromatic rings. The lowest BCUT2D eigenvalue weighted by atomic mass is 10.3. The van der Waals surface area contributed by atoms with Crippen molar-refractivity contribution >= 4 is 29.3 Å². The highest BCUT2D eigenvalue weighted by atomic mass is 35.5. The van der Waals surface area contributed by atoms with Crippen molar-refractivity contribution in [1.82, 2.24) is 20.9 Å². The monoisotopic (exact) mass is 378 g/mol. The van der Waals surface area contributed by atoms with Crippen molar-refractivity contribution < 1.29 is 4.79 Å². The van der Waals surface area contributed by atoms with Gasteiger partial charge in [0.1, 0.15) is 5.82 Å².